The second-order valence-corrected chi connectivity index (χ2v) is 6.80. The van der Waals surface area contributed by atoms with Crippen LogP contribution in [0.2, 0.25) is 0 Å². The maximum Gasteiger partial charge on any atom is 0.0596 e. The first-order chi connectivity index (χ1) is 8.51. The van der Waals surface area contributed by atoms with E-state index in [0.29, 0.717) is 11.5 Å². The molecule has 3 nitrogen and oxygen atoms in total. The van der Waals surface area contributed by atoms with Gasteiger partial charge in [0, 0.05) is 37.6 Å². The Morgan fingerprint density at radius 3 is 2.44 bits per heavy atom. The van der Waals surface area contributed by atoms with Gasteiger partial charge in [0.1, 0.15) is 0 Å². The van der Waals surface area contributed by atoms with Crippen molar-refractivity contribution in [2.75, 3.05) is 39.3 Å². The van der Waals surface area contributed by atoms with Gasteiger partial charge >= 0.3 is 0 Å². The summed E-state index contributed by atoms with van der Waals surface area (Å²) < 4.78 is 5.67. The molecule has 0 aromatic heterocycles. The summed E-state index contributed by atoms with van der Waals surface area (Å²) in [5.41, 5.74) is 0.611. The molecule has 0 unspecified atom stereocenters. The number of hydrogen-bond donors (Lipinski definition) is 0. The molecule has 2 aliphatic heterocycles. The number of hydrogen-bond acceptors (Lipinski definition) is 3. The van der Waals surface area contributed by atoms with E-state index in [-0.39, 0.29) is 0 Å². The molecule has 0 saturated carbocycles. The van der Waals surface area contributed by atoms with E-state index >= 15 is 0 Å². The molecule has 0 aliphatic carbocycles. The van der Waals surface area contributed by atoms with E-state index in [4.69, 9.17) is 4.74 Å². The van der Waals surface area contributed by atoms with E-state index in [1.165, 1.54) is 39.0 Å². The second kappa shape index (κ2) is 5.89. The molecule has 0 radical (unpaired) electrons. The Hall–Kier alpha value is -0.120. The lowest BCUT2D eigenvalue weighted by Crippen LogP contribution is -2.64. The van der Waals surface area contributed by atoms with Gasteiger partial charge in [-0.3, -0.25) is 4.90 Å². The van der Waals surface area contributed by atoms with Gasteiger partial charge in [0.05, 0.1) is 12.7 Å². The molecule has 1 spiro atoms. The third kappa shape index (κ3) is 3.46. The summed E-state index contributed by atoms with van der Waals surface area (Å²) in [5.74, 6) is 0. The van der Waals surface area contributed by atoms with Crippen molar-refractivity contribution < 1.29 is 4.74 Å². The van der Waals surface area contributed by atoms with Crippen molar-refractivity contribution >= 4 is 0 Å². The Labute approximate surface area is 112 Å². The smallest absolute Gasteiger partial charge is 0.0596 e. The minimum Gasteiger partial charge on any atom is -0.377 e. The highest BCUT2D eigenvalue weighted by Gasteiger charge is 2.45. The zero-order chi connectivity index (χ0) is 13.2. The molecule has 2 heterocycles. The fraction of sp³-hybridized carbons (Fsp3) is 1.00. The summed E-state index contributed by atoms with van der Waals surface area (Å²) in [6.45, 7) is 16.0. The lowest BCUT2D eigenvalue weighted by molar-refractivity contribution is -0.0740. The number of piperidine rings is 1. The molecular formula is C15H30N2O. The standard InChI is InChI=1S/C15H30N2O/c1-13(2)17-11-15(12-17)6-5-7-16(10-15)8-9-18-14(3)4/h13-14H,5-12H2,1-4H3. The number of rotatable bonds is 5. The summed E-state index contributed by atoms with van der Waals surface area (Å²) >= 11 is 0. The zero-order valence-electron chi connectivity index (χ0n) is 12.6. The first kappa shape index (κ1) is 14.3. The number of nitrogens with zero attached hydrogens (tertiary/aromatic N) is 2. The molecule has 2 rings (SSSR count). The van der Waals surface area contributed by atoms with Gasteiger partial charge in [-0.05, 0) is 47.1 Å². The van der Waals surface area contributed by atoms with Crippen molar-refractivity contribution in [1.82, 2.24) is 9.80 Å². The molecule has 0 bridgehead atoms. The van der Waals surface area contributed by atoms with Crippen LogP contribution in [-0.2, 0) is 4.74 Å². The van der Waals surface area contributed by atoms with Crippen molar-refractivity contribution in [2.45, 2.75) is 52.7 Å². The van der Waals surface area contributed by atoms with Crippen LogP contribution in [0.5, 0.6) is 0 Å². The molecule has 0 N–H and O–H groups in total. The van der Waals surface area contributed by atoms with Crippen LogP contribution in [0, 0.1) is 5.41 Å². The van der Waals surface area contributed by atoms with Gasteiger partial charge in [-0.1, -0.05) is 0 Å². The lowest BCUT2D eigenvalue weighted by atomic mass is 9.73. The van der Waals surface area contributed by atoms with Crippen molar-refractivity contribution in [1.29, 1.82) is 0 Å². The van der Waals surface area contributed by atoms with Crippen LogP contribution in [0.15, 0.2) is 0 Å². The lowest BCUT2D eigenvalue weighted by Gasteiger charge is -2.56. The molecule has 0 amide bonds. The fourth-order valence-electron chi connectivity index (χ4n) is 3.36. The van der Waals surface area contributed by atoms with E-state index in [2.05, 4.69) is 37.5 Å². The summed E-state index contributed by atoms with van der Waals surface area (Å²) in [7, 11) is 0. The average molecular weight is 254 g/mol. The molecule has 0 atom stereocenters. The van der Waals surface area contributed by atoms with Crippen molar-refractivity contribution in [2.24, 2.45) is 5.41 Å². The summed E-state index contributed by atoms with van der Waals surface area (Å²) in [6, 6.07) is 0.718. The number of ether oxygens (including phenoxy) is 1. The summed E-state index contributed by atoms with van der Waals surface area (Å²) in [6.07, 6.45) is 3.16. The maximum absolute atomic E-state index is 5.67. The first-order valence-electron chi connectivity index (χ1n) is 7.59. The van der Waals surface area contributed by atoms with Gasteiger partial charge in [0.25, 0.3) is 0 Å². The average Bonchev–Trinajstić information content (AvgIpc) is 2.25. The minimum absolute atomic E-state index is 0.365. The van der Waals surface area contributed by atoms with Crippen molar-refractivity contribution in [3.05, 3.63) is 0 Å². The van der Waals surface area contributed by atoms with Crippen LogP contribution in [0.1, 0.15) is 40.5 Å². The molecule has 2 aliphatic rings. The predicted molar refractivity (Wildman–Crippen MR) is 75.9 cm³/mol. The van der Waals surface area contributed by atoms with Gasteiger partial charge in [0.2, 0.25) is 0 Å². The van der Waals surface area contributed by atoms with Crippen molar-refractivity contribution in [3.8, 4) is 0 Å². The van der Waals surface area contributed by atoms with Gasteiger partial charge < -0.3 is 9.64 Å². The molecule has 0 aromatic carbocycles. The fourth-order valence-corrected chi connectivity index (χ4v) is 3.36. The van der Waals surface area contributed by atoms with E-state index in [1.54, 1.807) is 0 Å². The van der Waals surface area contributed by atoms with Crippen LogP contribution in [0.25, 0.3) is 0 Å². The SMILES string of the molecule is CC(C)OCCN1CCCC2(C1)CN(C(C)C)C2. The van der Waals surface area contributed by atoms with E-state index in [1.807, 2.05) is 0 Å². The summed E-state index contributed by atoms with van der Waals surface area (Å²) in [4.78, 5) is 5.22. The molecule has 3 heteroatoms. The van der Waals surface area contributed by atoms with E-state index in [0.717, 1.165) is 19.2 Å². The quantitative estimate of drug-likeness (QED) is 0.748. The highest BCUT2D eigenvalue weighted by Crippen LogP contribution is 2.39. The van der Waals surface area contributed by atoms with E-state index < -0.39 is 0 Å². The van der Waals surface area contributed by atoms with Gasteiger partial charge in [-0.2, -0.15) is 0 Å². The normalized spacial score (nSPS) is 25.0. The van der Waals surface area contributed by atoms with Gasteiger partial charge in [-0.25, -0.2) is 0 Å². The number of likely N-dealkylation sites (tertiary alicyclic amines) is 2. The Bertz CT molecular complexity index is 259. The van der Waals surface area contributed by atoms with Crippen LogP contribution < -0.4 is 0 Å². The molecule has 18 heavy (non-hydrogen) atoms. The Kier molecular flexibility index (Phi) is 4.68. The van der Waals surface area contributed by atoms with Crippen LogP contribution in [0.4, 0.5) is 0 Å². The van der Waals surface area contributed by atoms with Crippen LogP contribution in [-0.4, -0.2) is 61.3 Å². The third-order valence-corrected chi connectivity index (χ3v) is 4.41. The molecule has 106 valence electrons. The second-order valence-electron chi connectivity index (χ2n) is 6.80. The Balaban J connectivity index is 1.72. The molecule has 2 fully saturated rings. The van der Waals surface area contributed by atoms with Crippen LogP contribution in [0.3, 0.4) is 0 Å². The maximum atomic E-state index is 5.67. The monoisotopic (exact) mass is 254 g/mol. The minimum atomic E-state index is 0.365. The van der Waals surface area contributed by atoms with Crippen LogP contribution >= 0.6 is 0 Å². The van der Waals surface area contributed by atoms with Crippen molar-refractivity contribution in [3.63, 3.8) is 0 Å². The topological polar surface area (TPSA) is 15.7 Å². The Morgan fingerprint density at radius 2 is 1.83 bits per heavy atom. The molecule has 0 aromatic rings. The molecule has 2 saturated heterocycles. The highest BCUT2D eigenvalue weighted by molar-refractivity contribution is 5.00. The van der Waals surface area contributed by atoms with Gasteiger partial charge in [-0.15, -0.1) is 0 Å². The zero-order valence-corrected chi connectivity index (χ0v) is 12.6. The summed E-state index contributed by atoms with van der Waals surface area (Å²) in [5, 5.41) is 0. The molecular weight excluding hydrogens is 224 g/mol. The predicted octanol–water partition coefficient (Wildman–Crippen LogP) is 2.22. The highest BCUT2D eigenvalue weighted by atomic mass is 16.5. The third-order valence-electron chi connectivity index (χ3n) is 4.41. The van der Waals surface area contributed by atoms with E-state index in [9.17, 15) is 0 Å². The van der Waals surface area contributed by atoms with Gasteiger partial charge in [0.15, 0.2) is 0 Å². The Morgan fingerprint density at radius 1 is 1.11 bits per heavy atom. The first-order valence-corrected chi connectivity index (χ1v) is 7.59. The largest absolute Gasteiger partial charge is 0.377 e.